The summed E-state index contributed by atoms with van der Waals surface area (Å²) < 4.78 is 49.2. The van der Waals surface area contributed by atoms with Crippen LogP contribution in [0, 0.1) is 27.9 Å². The van der Waals surface area contributed by atoms with E-state index in [1.807, 2.05) is 0 Å². The van der Waals surface area contributed by atoms with Crippen LogP contribution >= 0.6 is 0 Å². The largest absolute Gasteiger partial charge is 0.471 e. The van der Waals surface area contributed by atoms with E-state index in [-0.39, 0.29) is 35.6 Å². The molecule has 222 valence electrons. The van der Waals surface area contributed by atoms with Crippen LogP contribution in [0.4, 0.5) is 18.9 Å². The van der Waals surface area contributed by atoms with Gasteiger partial charge in [-0.05, 0) is 18.1 Å². The fourth-order valence-corrected chi connectivity index (χ4v) is 4.11. The summed E-state index contributed by atoms with van der Waals surface area (Å²) in [5, 5.41) is 32.7. The van der Waals surface area contributed by atoms with Crippen molar-refractivity contribution in [1.82, 2.24) is 14.9 Å². The van der Waals surface area contributed by atoms with Crippen molar-refractivity contribution in [3.8, 4) is 11.8 Å². The summed E-state index contributed by atoms with van der Waals surface area (Å²) >= 11 is 0. The number of benzene rings is 1. The molecule has 41 heavy (non-hydrogen) atoms. The van der Waals surface area contributed by atoms with Gasteiger partial charge in [-0.1, -0.05) is 25.7 Å². The fraction of sp³-hybridized carbons (Fsp3) is 0.480. The number of nitro benzene ring substituents is 1. The Morgan fingerprint density at radius 1 is 1.37 bits per heavy atom. The molecule has 13 nitrogen and oxygen atoms in total. The third-order valence-corrected chi connectivity index (χ3v) is 6.12. The number of aliphatic hydroxyl groups excluding tert-OH is 2. The first-order chi connectivity index (χ1) is 19.2. The van der Waals surface area contributed by atoms with Crippen molar-refractivity contribution in [2.75, 3.05) is 13.2 Å². The van der Waals surface area contributed by atoms with Crippen molar-refractivity contribution in [2.24, 2.45) is 5.92 Å². The SMILES string of the molecule is CC(C)C(OCc1cn([C@@H]2CC(O)[C@H](CO)O2)c(=O)[nH]c1=O)c1ccc(C#CCNC(=O)C(F)(F)F)cc1[N+](=O)[O-]. The Labute approximate surface area is 230 Å². The Kier molecular flexibility index (Phi) is 10.0. The van der Waals surface area contributed by atoms with Crippen molar-refractivity contribution >= 4 is 11.6 Å². The molecule has 2 heterocycles. The summed E-state index contributed by atoms with van der Waals surface area (Å²) in [6.45, 7) is 1.97. The molecular formula is C25H27F3N4O9. The van der Waals surface area contributed by atoms with Crippen LogP contribution in [-0.2, 0) is 20.9 Å². The third-order valence-electron chi connectivity index (χ3n) is 6.12. The molecule has 0 radical (unpaired) electrons. The van der Waals surface area contributed by atoms with Crippen molar-refractivity contribution in [2.45, 2.75) is 57.6 Å². The van der Waals surface area contributed by atoms with Gasteiger partial charge in [0.2, 0.25) is 0 Å². The molecule has 1 aliphatic rings. The number of aliphatic hydroxyl groups is 2. The van der Waals surface area contributed by atoms with E-state index in [2.05, 4.69) is 16.8 Å². The van der Waals surface area contributed by atoms with Gasteiger partial charge in [-0.3, -0.25) is 29.3 Å². The zero-order valence-electron chi connectivity index (χ0n) is 21.8. The van der Waals surface area contributed by atoms with Crippen LogP contribution in [0.2, 0.25) is 0 Å². The Hall–Kier alpha value is -4.04. The first-order valence-electron chi connectivity index (χ1n) is 12.3. The van der Waals surface area contributed by atoms with Crippen molar-refractivity contribution in [1.29, 1.82) is 0 Å². The van der Waals surface area contributed by atoms with Crippen molar-refractivity contribution < 1.29 is 42.6 Å². The molecule has 0 saturated carbocycles. The maximum absolute atomic E-state index is 12.5. The van der Waals surface area contributed by atoms with Gasteiger partial charge in [0, 0.05) is 24.2 Å². The number of hydrogen-bond donors (Lipinski definition) is 4. The summed E-state index contributed by atoms with van der Waals surface area (Å²) in [6.07, 6.45) is -7.68. The van der Waals surface area contributed by atoms with Crippen LogP contribution in [-0.4, -0.2) is 62.1 Å². The number of ether oxygens (including phenoxy) is 2. The number of carbonyl (C=O) groups excluding carboxylic acids is 1. The second-order valence-electron chi connectivity index (χ2n) is 9.42. The Morgan fingerprint density at radius 2 is 2.07 bits per heavy atom. The molecule has 4 atom stereocenters. The van der Waals surface area contributed by atoms with Crippen LogP contribution < -0.4 is 16.6 Å². The highest BCUT2D eigenvalue weighted by Gasteiger charge is 2.38. The van der Waals surface area contributed by atoms with E-state index in [1.165, 1.54) is 18.3 Å². The number of nitrogens with one attached hydrogen (secondary N) is 2. The second-order valence-corrected chi connectivity index (χ2v) is 9.42. The van der Waals surface area contributed by atoms with E-state index in [1.54, 1.807) is 19.2 Å². The molecule has 1 aromatic carbocycles. The number of aromatic nitrogens is 2. The van der Waals surface area contributed by atoms with Gasteiger partial charge in [0.1, 0.15) is 12.3 Å². The molecule has 1 aliphatic heterocycles. The number of halogens is 3. The Morgan fingerprint density at radius 3 is 2.66 bits per heavy atom. The van der Waals surface area contributed by atoms with Crippen molar-refractivity contribution in [3.63, 3.8) is 0 Å². The second kappa shape index (κ2) is 13.1. The van der Waals surface area contributed by atoms with Gasteiger partial charge in [0.15, 0.2) is 0 Å². The predicted molar refractivity (Wildman–Crippen MR) is 134 cm³/mol. The third kappa shape index (κ3) is 7.79. The first kappa shape index (κ1) is 31.5. The number of amides is 1. The lowest BCUT2D eigenvalue weighted by Crippen LogP contribution is -2.36. The van der Waals surface area contributed by atoms with Crippen LogP contribution in [0.15, 0.2) is 34.0 Å². The number of rotatable bonds is 9. The Balaban J connectivity index is 1.82. The summed E-state index contributed by atoms with van der Waals surface area (Å²) in [5.41, 5.74) is -1.72. The molecule has 2 aromatic rings. The molecule has 0 bridgehead atoms. The normalized spacial score (nSPS) is 19.5. The standard InChI is InChI=1S/C25H27F3N4O9/c1-13(2)21(16-6-5-14(8-17(16)32(38)39)4-3-7-29-23(36)25(26,27)28)40-12-15-10-31(24(37)30-22(15)35)20-9-18(34)19(11-33)41-20/h5-6,8,10,13,18-21,33-34H,7,9,11-12H2,1-2H3,(H,29,36)(H,30,35,37)/t18?,19-,20-,21?/m0/s1. The zero-order chi connectivity index (χ0) is 30.5. The molecule has 1 amide bonds. The molecule has 0 aliphatic carbocycles. The van der Waals surface area contributed by atoms with Gasteiger partial charge in [0.25, 0.3) is 11.2 Å². The molecule has 2 unspecified atom stereocenters. The smallest absolute Gasteiger partial charge is 0.394 e. The molecular weight excluding hydrogens is 557 g/mol. The zero-order valence-corrected chi connectivity index (χ0v) is 21.8. The summed E-state index contributed by atoms with van der Waals surface area (Å²) in [4.78, 5) is 49.0. The minimum Gasteiger partial charge on any atom is -0.394 e. The number of H-pyrrole nitrogens is 1. The average Bonchev–Trinajstić information content (AvgIpc) is 3.27. The summed E-state index contributed by atoms with van der Waals surface area (Å²) in [5.74, 6) is 2.25. The highest BCUT2D eigenvalue weighted by Crippen LogP contribution is 2.34. The van der Waals surface area contributed by atoms with E-state index in [0.717, 1.165) is 10.6 Å². The number of aromatic amines is 1. The molecule has 1 saturated heterocycles. The van der Waals surface area contributed by atoms with E-state index >= 15 is 0 Å². The minimum absolute atomic E-state index is 0.00756. The maximum atomic E-state index is 12.5. The molecule has 1 fully saturated rings. The average molecular weight is 585 g/mol. The Bertz CT molecular complexity index is 1460. The lowest BCUT2D eigenvalue weighted by Gasteiger charge is -2.22. The first-order valence-corrected chi connectivity index (χ1v) is 12.3. The molecule has 16 heteroatoms. The van der Waals surface area contributed by atoms with E-state index in [0.29, 0.717) is 0 Å². The number of carbonyl (C=O) groups is 1. The number of nitro groups is 1. The predicted octanol–water partition coefficient (Wildman–Crippen LogP) is 1.03. The molecule has 0 spiro atoms. The van der Waals surface area contributed by atoms with Crippen molar-refractivity contribution in [3.05, 3.63) is 72.0 Å². The summed E-state index contributed by atoms with van der Waals surface area (Å²) in [6, 6.07) is 3.88. The highest BCUT2D eigenvalue weighted by atomic mass is 19.4. The molecule has 1 aromatic heterocycles. The maximum Gasteiger partial charge on any atom is 0.471 e. The quantitative estimate of drug-likeness (QED) is 0.190. The monoisotopic (exact) mass is 584 g/mol. The minimum atomic E-state index is -5.06. The van der Waals surface area contributed by atoms with Gasteiger partial charge >= 0.3 is 17.8 Å². The topological polar surface area (TPSA) is 186 Å². The van der Waals surface area contributed by atoms with Gasteiger partial charge in [-0.25, -0.2) is 4.79 Å². The van der Waals surface area contributed by atoms with Crippen LogP contribution in [0.3, 0.4) is 0 Å². The van der Waals surface area contributed by atoms with Crippen LogP contribution in [0.5, 0.6) is 0 Å². The number of alkyl halides is 3. The van der Waals surface area contributed by atoms with Gasteiger partial charge in [-0.15, -0.1) is 0 Å². The van der Waals surface area contributed by atoms with E-state index in [9.17, 15) is 47.9 Å². The van der Waals surface area contributed by atoms with Crippen LogP contribution in [0.1, 0.15) is 49.3 Å². The van der Waals surface area contributed by atoms with Gasteiger partial charge in [0.05, 0.1) is 48.0 Å². The summed E-state index contributed by atoms with van der Waals surface area (Å²) in [7, 11) is 0. The number of nitrogens with zero attached hydrogens (tertiary/aromatic N) is 2. The fourth-order valence-electron chi connectivity index (χ4n) is 4.11. The molecule has 3 rings (SSSR count). The lowest BCUT2D eigenvalue weighted by atomic mass is 9.96. The lowest BCUT2D eigenvalue weighted by molar-refractivity contribution is -0.386. The van der Waals surface area contributed by atoms with E-state index < -0.39 is 71.6 Å². The van der Waals surface area contributed by atoms with Crippen LogP contribution in [0.25, 0.3) is 0 Å². The van der Waals surface area contributed by atoms with Gasteiger partial charge < -0.3 is 25.0 Å². The molecule has 4 N–H and O–H groups in total. The van der Waals surface area contributed by atoms with Gasteiger partial charge in [-0.2, -0.15) is 13.2 Å². The highest BCUT2D eigenvalue weighted by molar-refractivity contribution is 5.81. The van der Waals surface area contributed by atoms with E-state index in [4.69, 9.17) is 9.47 Å². The number of hydrogen-bond acceptors (Lipinski definition) is 9.